The molecule has 0 saturated carbocycles. The molecule has 8 heteroatoms. The van der Waals surface area contributed by atoms with Crippen LogP contribution in [-0.2, 0) is 21.5 Å². The topological polar surface area (TPSA) is 78.5 Å². The second kappa shape index (κ2) is 6.45. The minimum atomic E-state index is -1.11. The number of aryl methyl sites for hydroxylation is 1. The summed E-state index contributed by atoms with van der Waals surface area (Å²) in [5, 5.41) is 5.15. The number of anilines is 1. The van der Waals surface area contributed by atoms with Crippen LogP contribution < -0.4 is 10.6 Å². The summed E-state index contributed by atoms with van der Waals surface area (Å²) in [6, 6.07) is 11.0. The monoisotopic (exact) mass is 431 g/mol. The van der Waals surface area contributed by atoms with Crippen LogP contribution in [0.4, 0.5) is 14.9 Å². The van der Waals surface area contributed by atoms with Crippen LogP contribution in [0.5, 0.6) is 0 Å². The Labute approximate surface area is 162 Å². The Morgan fingerprint density at radius 3 is 2.81 bits per heavy atom. The summed E-state index contributed by atoms with van der Waals surface area (Å²) in [4.78, 5) is 38.5. The van der Waals surface area contributed by atoms with Crippen LogP contribution in [0.15, 0.2) is 46.9 Å². The quantitative estimate of drug-likeness (QED) is 0.733. The average Bonchev–Trinajstić information content (AvgIpc) is 3.11. The Balaban J connectivity index is 1.53. The van der Waals surface area contributed by atoms with Crippen LogP contribution in [0.1, 0.15) is 17.5 Å². The van der Waals surface area contributed by atoms with E-state index in [0.29, 0.717) is 17.3 Å². The molecule has 1 aliphatic heterocycles. The molecule has 2 aliphatic rings. The molecule has 2 aromatic carbocycles. The van der Waals surface area contributed by atoms with Gasteiger partial charge in [-0.1, -0.05) is 40.2 Å². The lowest BCUT2D eigenvalue weighted by Gasteiger charge is -2.22. The normalized spacial score (nSPS) is 20.7. The molecule has 0 bridgehead atoms. The number of fused-ring (bicyclic) bond motifs is 2. The predicted molar refractivity (Wildman–Crippen MR) is 99.4 cm³/mol. The van der Waals surface area contributed by atoms with Crippen molar-refractivity contribution < 1.29 is 18.8 Å². The second-order valence-electron chi connectivity index (χ2n) is 6.56. The molecule has 4 rings (SSSR count). The molecule has 2 aromatic rings. The van der Waals surface area contributed by atoms with Crippen molar-refractivity contribution in [3.8, 4) is 0 Å². The molecule has 138 valence electrons. The highest BCUT2D eigenvalue weighted by Crippen LogP contribution is 2.41. The van der Waals surface area contributed by atoms with E-state index in [2.05, 4.69) is 26.6 Å². The highest BCUT2D eigenvalue weighted by Gasteiger charge is 2.55. The van der Waals surface area contributed by atoms with Crippen molar-refractivity contribution in [1.82, 2.24) is 10.2 Å². The number of rotatable bonds is 3. The van der Waals surface area contributed by atoms with Crippen LogP contribution >= 0.6 is 15.9 Å². The number of hydrogen-bond acceptors (Lipinski definition) is 3. The number of hydrogen-bond donors (Lipinski definition) is 2. The van der Waals surface area contributed by atoms with Gasteiger partial charge in [0, 0.05) is 4.47 Å². The minimum Gasteiger partial charge on any atom is -0.322 e. The lowest BCUT2D eigenvalue weighted by molar-refractivity contribution is -0.134. The molecule has 1 heterocycles. The summed E-state index contributed by atoms with van der Waals surface area (Å²) in [6.45, 7) is -0.482. The first-order chi connectivity index (χ1) is 12.9. The molecule has 4 amide bonds. The van der Waals surface area contributed by atoms with Crippen molar-refractivity contribution in [3.63, 3.8) is 0 Å². The zero-order valence-corrected chi connectivity index (χ0v) is 15.7. The SMILES string of the molecule is O=C(CN1C(=O)NC2(CCc3ccccc32)C1=O)Nc1ccc(Br)cc1F. The lowest BCUT2D eigenvalue weighted by Crippen LogP contribution is -2.43. The third-order valence-corrected chi connectivity index (χ3v) is 5.42. The van der Waals surface area contributed by atoms with Gasteiger partial charge in [-0.05, 0) is 42.2 Å². The Morgan fingerprint density at radius 1 is 1.26 bits per heavy atom. The Hall–Kier alpha value is -2.74. The smallest absolute Gasteiger partial charge is 0.322 e. The van der Waals surface area contributed by atoms with Gasteiger partial charge in [-0.2, -0.15) is 0 Å². The van der Waals surface area contributed by atoms with Crippen molar-refractivity contribution in [2.24, 2.45) is 0 Å². The first-order valence-electron chi connectivity index (χ1n) is 8.38. The van der Waals surface area contributed by atoms with Gasteiger partial charge in [0.1, 0.15) is 17.9 Å². The minimum absolute atomic E-state index is 0.0174. The van der Waals surface area contributed by atoms with E-state index < -0.39 is 35.7 Å². The molecule has 0 aromatic heterocycles. The first kappa shape index (κ1) is 17.7. The Morgan fingerprint density at radius 2 is 2.04 bits per heavy atom. The fraction of sp³-hybridized carbons (Fsp3) is 0.211. The largest absolute Gasteiger partial charge is 0.325 e. The van der Waals surface area contributed by atoms with E-state index in [-0.39, 0.29) is 5.69 Å². The van der Waals surface area contributed by atoms with E-state index in [0.717, 1.165) is 16.0 Å². The first-order valence-corrected chi connectivity index (χ1v) is 9.17. The van der Waals surface area contributed by atoms with E-state index in [1.165, 1.54) is 12.1 Å². The van der Waals surface area contributed by atoms with Crippen molar-refractivity contribution in [2.45, 2.75) is 18.4 Å². The van der Waals surface area contributed by atoms with Gasteiger partial charge in [-0.25, -0.2) is 9.18 Å². The van der Waals surface area contributed by atoms with Gasteiger partial charge in [0.15, 0.2) is 0 Å². The fourth-order valence-electron chi connectivity index (χ4n) is 3.66. The fourth-order valence-corrected chi connectivity index (χ4v) is 3.99. The third kappa shape index (κ3) is 2.90. The molecule has 27 heavy (non-hydrogen) atoms. The summed E-state index contributed by atoms with van der Waals surface area (Å²) < 4.78 is 14.4. The average molecular weight is 432 g/mol. The van der Waals surface area contributed by atoms with Gasteiger partial charge in [0.2, 0.25) is 5.91 Å². The molecule has 1 aliphatic carbocycles. The molecule has 1 saturated heterocycles. The summed E-state index contributed by atoms with van der Waals surface area (Å²) in [5.74, 6) is -1.72. The van der Waals surface area contributed by atoms with Crippen molar-refractivity contribution in [1.29, 1.82) is 0 Å². The summed E-state index contributed by atoms with van der Waals surface area (Å²) >= 11 is 3.14. The van der Waals surface area contributed by atoms with Gasteiger partial charge >= 0.3 is 6.03 Å². The number of benzene rings is 2. The van der Waals surface area contributed by atoms with Gasteiger partial charge in [0.05, 0.1) is 5.69 Å². The van der Waals surface area contributed by atoms with Crippen LogP contribution in [0.2, 0.25) is 0 Å². The molecule has 1 spiro atoms. The maximum Gasteiger partial charge on any atom is 0.325 e. The zero-order chi connectivity index (χ0) is 19.2. The molecule has 2 N–H and O–H groups in total. The number of amides is 4. The number of halogens is 2. The van der Waals surface area contributed by atoms with E-state index >= 15 is 0 Å². The van der Waals surface area contributed by atoms with Gasteiger partial charge in [-0.15, -0.1) is 0 Å². The highest BCUT2D eigenvalue weighted by molar-refractivity contribution is 9.10. The van der Waals surface area contributed by atoms with Crippen LogP contribution in [0.25, 0.3) is 0 Å². The predicted octanol–water partition coefficient (Wildman–Crippen LogP) is 2.92. The van der Waals surface area contributed by atoms with E-state index in [9.17, 15) is 18.8 Å². The highest BCUT2D eigenvalue weighted by atomic mass is 79.9. The summed E-state index contributed by atoms with van der Waals surface area (Å²) in [7, 11) is 0. The van der Waals surface area contributed by atoms with E-state index in [1.807, 2.05) is 24.3 Å². The number of nitrogens with zero attached hydrogens (tertiary/aromatic N) is 1. The van der Waals surface area contributed by atoms with E-state index in [1.54, 1.807) is 6.07 Å². The maximum atomic E-state index is 13.9. The molecule has 0 radical (unpaired) electrons. The number of urea groups is 1. The molecule has 1 fully saturated rings. The van der Waals surface area contributed by atoms with Crippen LogP contribution in [0.3, 0.4) is 0 Å². The van der Waals surface area contributed by atoms with Gasteiger partial charge < -0.3 is 10.6 Å². The van der Waals surface area contributed by atoms with Crippen molar-refractivity contribution in [3.05, 3.63) is 63.9 Å². The Bertz CT molecular complexity index is 980. The second-order valence-corrected chi connectivity index (χ2v) is 7.47. The molecule has 1 unspecified atom stereocenters. The molecular formula is C19H15BrFN3O3. The lowest BCUT2D eigenvalue weighted by atomic mass is 9.92. The standard InChI is InChI=1S/C19H15BrFN3O3/c20-12-5-6-15(14(21)9-12)22-16(25)10-24-17(26)19(23-18(24)27)8-7-11-3-1-2-4-13(11)19/h1-6,9H,7-8,10H2,(H,22,25)(H,23,27). The Kier molecular flexibility index (Phi) is 4.22. The van der Waals surface area contributed by atoms with Crippen LogP contribution in [0, 0.1) is 5.82 Å². The number of nitrogens with one attached hydrogen (secondary N) is 2. The van der Waals surface area contributed by atoms with Gasteiger partial charge in [-0.3, -0.25) is 14.5 Å². The number of carbonyl (C=O) groups excluding carboxylic acids is 3. The van der Waals surface area contributed by atoms with Crippen molar-refractivity contribution >= 4 is 39.5 Å². The van der Waals surface area contributed by atoms with E-state index in [4.69, 9.17) is 0 Å². The maximum absolute atomic E-state index is 13.9. The summed E-state index contributed by atoms with van der Waals surface area (Å²) in [6.07, 6.45) is 1.13. The number of carbonyl (C=O) groups is 3. The van der Waals surface area contributed by atoms with Crippen LogP contribution in [-0.4, -0.2) is 29.3 Å². The molecular weight excluding hydrogens is 417 g/mol. The van der Waals surface area contributed by atoms with Gasteiger partial charge in [0.25, 0.3) is 5.91 Å². The molecule has 6 nitrogen and oxygen atoms in total. The van der Waals surface area contributed by atoms with Crippen molar-refractivity contribution in [2.75, 3.05) is 11.9 Å². The third-order valence-electron chi connectivity index (χ3n) is 4.93. The zero-order valence-electron chi connectivity index (χ0n) is 14.1. The molecule has 1 atom stereocenters. The number of imide groups is 1. The summed E-state index contributed by atoms with van der Waals surface area (Å²) in [5.41, 5.74) is 0.646.